The number of aromatic nitrogens is 2. The molecule has 2 aromatic heterocycles. The smallest absolute Gasteiger partial charge is 0.231 e. The molecule has 26 heavy (non-hydrogen) atoms. The zero-order chi connectivity index (χ0) is 18.4. The molecule has 1 amide bonds. The van der Waals surface area contributed by atoms with Crippen molar-refractivity contribution in [3.63, 3.8) is 0 Å². The van der Waals surface area contributed by atoms with E-state index in [1.165, 1.54) is 0 Å². The lowest BCUT2D eigenvalue weighted by molar-refractivity contribution is -0.117. The van der Waals surface area contributed by atoms with Gasteiger partial charge in [-0.2, -0.15) is 0 Å². The number of hydrogen-bond acceptors (Lipinski definition) is 3. The van der Waals surface area contributed by atoms with Gasteiger partial charge in [0.25, 0.3) is 0 Å². The van der Waals surface area contributed by atoms with Crippen molar-refractivity contribution in [3.8, 4) is 11.1 Å². The zero-order valence-electron chi connectivity index (χ0n) is 14.0. The second kappa shape index (κ2) is 6.17. The van der Waals surface area contributed by atoms with Crippen molar-refractivity contribution in [2.75, 3.05) is 5.32 Å². The first-order chi connectivity index (χ1) is 12.5. The maximum atomic E-state index is 14.3. The van der Waals surface area contributed by atoms with Gasteiger partial charge in [0, 0.05) is 11.8 Å². The third kappa shape index (κ3) is 2.84. The molecule has 1 aromatic carbocycles. The molecule has 1 aliphatic carbocycles. The number of aliphatic hydroxyl groups is 1. The Bertz CT molecular complexity index is 1020. The van der Waals surface area contributed by atoms with Gasteiger partial charge in [-0.25, -0.2) is 13.8 Å². The van der Waals surface area contributed by atoms with Crippen molar-refractivity contribution in [2.24, 2.45) is 5.92 Å². The molecule has 134 valence electrons. The number of halogens is 2. The lowest BCUT2D eigenvalue weighted by Gasteiger charge is -2.11. The van der Waals surface area contributed by atoms with Crippen LogP contribution in [0.15, 0.2) is 36.7 Å². The van der Waals surface area contributed by atoms with Gasteiger partial charge in [0.2, 0.25) is 5.91 Å². The number of carbonyl (C=O) groups is 1. The first-order valence-corrected chi connectivity index (χ1v) is 8.31. The van der Waals surface area contributed by atoms with Gasteiger partial charge < -0.3 is 14.8 Å². The summed E-state index contributed by atoms with van der Waals surface area (Å²) < 4.78 is 28.9. The van der Waals surface area contributed by atoms with Gasteiger partial charge in [0.05, 0.1) is 18.7 Å². The fourth-order valence-corrected chi connectivity index (χ4v) is 3.03. The van der Waals surface area contributed by atoms with E-state index in [9.17, 15) is 18.7 Å². The maximum absolute atomic E-state index is 14.3. The minimum Gasteiger partial charge on any atom is -0.392 e. The van der Waals surface area contributed by atoms with E-state index in [2.05, 4.69) is 10.3 Å². The third-order valence-corrected chi connectivity index (χ3v) is 4.66. The number of nitrogens with one attached hydrogen (secondary N) is 1. The number of carbonyl (C=O) groups excluding carboxylic acids is 1. The highest BCUT2D eigenvalue weighted by Gasteiger charge is 2.43. The topological polar surface area (TPSA) is 66.6 Å². The van der Waals surface area contributed by atoms with Gasteiger partial charge in [-0.3, -0.25) is 4.79 Å². The molecule has 0 bridgehead atoms. The van der Waals surface area contributed by atoms with E-state index in [1.807, 2.05) is 0 Å². The molecule has 3 aromatic rings. The van der Waals surface area contributed by atoms with Crippen LogP contribution in [0.4, 0.5) is 14.6 Å². The summed E-state index contributed by atoms with van der Waals surface area (Å²) in [5.41, 5.74) is 2.60. The van der Waals surface area contributed by atoms with Crippen molar-refractivity contribution in [1.29, 1.82) is 0 Å². The van der Waals surface area contributed by atoms with Crippen LogP contribution in [-0.2, 0) is 11.4 Å². The van der Waals surface area contributed by atoms with E-state index >= 15 is 0 Å². The van der Waals surface area contributed by atoms with Crippen molar-refractivity contribution in [2.45, 2.75) is 26.1 Å². The summed E-state index contributed by atoms with van der Waals surface area (Å²) in [6.07, 6.45) is 2.56. The number of anilines is 1. The van der Waals surface area contributed by atoms with Gasteiger partial charge in [0.1, 0.15) is 17.6 Å². The predicted molar refractivity (Wildman–Crippen MR) is 92.9 cm³/mol. The third-order valence-electron chi connectivity index (χ3n) is 4.66. The summed E-state index contributed by atoms with van der Waals surface area (Å²) >= 11 is 0. The molecular weight excluding hydrogens is 340 g/mol. The number of benzene rings is 1. The first-order valence-electron chi connectivity index (χ1n) is 8.31. The van der Waals surface area contributed by atoms with Crippen LogP contribution in [0.25, 0.3) is 16.8 Å². The summed E-state index contributed by atoms with van der Waals surface area (Å²) in [6, 6.07) is 6.94. The van der Waals surface area contributed by atoms with Crippen LogP contribution in [0.2, 0.25) is 0 Å². The summed E-state index contributed by atoms with van der Waals surface area (Å²) in [5, 5.41) is 12.2. The average molecular weight is 357 g/mol. The van der Waals surface area contributed by atoms with Gasteiger partial charge >= 0.3 is 0 Å². The van der Waals surface area contributed by atoms with E-state index < -0.39 is 24.5 Å². The SMILES string of the molecule is Cc1ccc(-c2ccc3nc(NC(=O)C4CC4F)cn3c2)c(CO)c1F. The molecule has 0 spiro atoms. The number of amides is 1. The number of pyridine rings is 1. The van der Waals surface area contributed by atoms with Crippen LogP contribution >= 0.6 is 0 Å². The summed E-state index contributed by atoms with van der Waals surface area (Å²) in [6.45, 7) is 1.24. The number of alkyl halides is 1. The number of aliphatic hydroxyl groups excluding tert-OH is 1. The number of imidazole rings is 1. The van der Waals surface area contributed by atoms with E-state index in [-0.39, 0.29) is 17.9 Å². The first kappa shape index (κ1) is 16.7. The Morgan fingerprint density at radius 1 is 1.35 bits per heavy atom. The van der Waals surface area contributed by atoms with E-state index in [1.54, 1.807) is 48.0 Å². The largest absolute Gasteiger partial charge is 0.392 e. The minimum atomic E-state index is -1.06. The molecule has 2 heterocycles. The highest BCUT2D eigenvalue weighted by molar-refractivity contribution is 5.94. The summed E-state index contributed by atoms with van der Waals surface area (Å²) in [7, 11) is 0. The summed E-state index contributed by atoms with van der Waals surface area (Å²) in [4.78, 5) is 16.1. The Balaban J connectivity index is 1.68. The standard InChI is InChI=1S/C19H17F2N3O2/c1-10-2-4-12(14(9-25)18(10)21)11-3-5-17-22-16(8-24(17)7-11)23-19(26)13-6-15(13)20/h2-5,7-8,13,15,25H,6,9H2,1H3,(H,23,26). The van der Waals surface area contributed by atoms with Crippen LogP contribution in [0.3, 0.4) is 0 Å². The molecule has 1 saturated carbocycles. The maximum Gasteiger partial charge on any atom is 0.231 e. The monoisotopic (exact) mass is 357 g/mol. The molecule has 4 rings (SSSR count). The number of hydrogen-bond donors (Lipinski definition) is 2. The zero-order valence-corrected chi connectivity index (χ0v) is 14.0. The molecule has 7 heteroatoms. The number of nitrogens with zero attached hydrogens (tertiary/aromatic N) is 2. The van der Waals surface area contributed by atoms with Gasteiger partial charge in [-0.15, -0.1) is 0 Å². The predicted octanol–water partition coefficient (Wildman–Crippen LogP) is 3.24. The Hall–Kier alpha value is -2.80. The van der Waals surface area contributed by atoms with Crippen molar-refractivity contribution < 1.29 is 18.7 Å². The van der Waals surface area contributed by atoms with Crippen LogP contribution < -0.4 is 5.32 Å². The Morgan fingerprint density at radius 2 is 2.12 bits per heavy atom. The fraction of sp³-hybridized carbons (Fsp3) is 0.263. The quantitative estimate of drug-likeness (QED) is 0.753. The Kier molecular flexibility index (Phi) is 3.96. The lowest BCUT2D eigenvalue weighted by Crippen LogP contribution is -2.15. The molecule has 1 fully saturated rings. The van der Waals surface area contributed by atoms with Gasteiger partial charge in [-0.1, -0.05) is 12.1 Å². The van der Waals surface area contributed by atoms with E-state index in [0.29, 0.717) is 28.2 Å². The van der Waals surface area contributed by atoms with Gasteiger partial charge in [0.15, 0.2) is 5.82 Å². The number of aryl methyl sites for hydroxylation is 1. The van der Waals surface area contributed by atoms with E-state index in [0.717, 1.165) is 0 Å². The molecular formula is C19H17F2N3O2. The average Bonchev–Trinajstić information content (AvgIpc) is 3.22. The Labute approximate surface area is 148 Å². The Morgan fingerprint density at radius 3 is 2.81 bits per heavy atom. The normalized spacial score (nSPS) is 18.9. The fourth-order valence-electron chi connectivity index (χ4n) is 3.03. The lowest BCUT2D eigenvalue weighted by atomic mass is 9.98. The molecule has 0 saturated heterocycles. The van der Waals surface area contributed by atoms with Crippen LogP contribution in [0.5, 0.6) is 0 Å². The molecule has 5 nitrogen and oxygen atoms in total. The molecule has 0 aliphatic heterocycles. The second-order valence-corrected chi connectivity index (χ2v) is 6.54. The molecule has 2 N–H and O–H groups in total. The molecule has 1 aliphatic rings. The molecule has 2 unspecified atom stereocenters. The number of fused-ring (bicyclic) bond motifs is 1. The molecule has 2 atom stereocenters. The van der Waals surface area contributed by atoms with Crippen LogP contribution in [0, 0.1) is 18.7 Å². The highest BCUT2D eigenvalue weighted by atomic mass is 19.1. The van der Waals surface area contributed by atoms with Crippen LogP contribution in [0.1, 0.15) is 17.5 Å². The molecule has 0 radical (unpaired) electrons. The van der Waals surface area contributed by atoms with Crippen molar-refractivity contribution in [1.82, 2.24) is 9.38 Å². The van der Waals surface area contributed by atoms with E-state index in [4.69, 9.17) is 0 Å². The second-order valence-electron chi connectivity index (χ2n) is 6.54. The number of rotatable bonds is 4. The van der Waals surface area contributed by atoms with Crippen molar-refractivity contribution in [3.05, 3.63) is 53.6 Å². The summed E-state index contributed by atoms with van der Waals surface area (Å²) in [5.74, 6) is -1.04. The van der Waals surface area contributed by atoms with Crippen molar-refractivity contribution >= 4 is 17.4 Å². The van der Waals surface area contributed by atoms with Gasteiger partial charge in [-0.05, 0) is 42.2 Å². The minimum absolute atomic E-state index is 0.237. The van der Waals surface area contributed by atoms with Crippen LogP contribution in [-0.4, -0.2) is 26.6 Å². The highest BCUT2D eigenvalue weighted by Crippen LogP contribution is 2.34.